The quantitative estimate of drug-likeness (QED) is 0.391. The van der Waals surface area contributed by atoms with Gasteiger partial charge in [0.25, 0.3) is 0 Å². The molecule has 0 radical (unpaired) electrons. The molecule has 0 heterocycles. The first-order chi connectivity index (χ1) is 4.92. The lowest BCUT2D eigenvalue weighted by atomic mass is 9.98. The normalized spacial score (nSPS) is 14.3. The molecule has 2 heteroatoms. The molecule has 0 aromatic heterocycles. The molecule has 11 heavy (non-hydrogen) atoms. The summed E-state index contributed by atoms with van der Waals surface area (Å²) in [5.74, 6) is 6.11. The van der Waals surface area contributed by atoms with Crippen LogP contribution in [0.1, 0.15) is 20.8 Å². The number of alkyl halides is 2. The molecule has 0 spiro atoms. The zero-order chi connectivity index (χ0) is 8.91. The third-order valence-electron chi connectivity index (χ3n) is 0.772. The molecule has 0 bridgehead atoms. The highest BCUT2D eigenvalue weighted by atomic mass is 127. The Morgan fingerprint density at radius 1 is 1.45 bits per heavy atom. The van der Waals surface area contributed by atoms with Crippen LogP contribution in [0.3, 0.4) is 0 Å². The van der Waals surface area contributed by atoms with Gasteiger partial charge in [-0.1, -0.05) is 56.4 Å². The van der Waals surface area contributed by atoms with Crippen LogP contribution < -0.4 is 0 Å². The van der Waals surface area contributed by atoms with Crippen molar-refractivity contribution in [3.8, 4) is 11.8 Å². The number of hydrogen-bond acceptors (Lipinski definition) is 0. The van der Waals surface area contributed by atoms with E-state index < -0.39 is 0 Å². The Morgan fingerprint density at radius 2 is 2.00 bits per heavy atom. The second kappa shape index (κ2) is 5.21. The minimum atomic E-state index is 0.109. The van der Waals surface area contributed by atoms with E-state index in [0.717, 1.165) is 0 Å². The Bertz CT molecular complexity index is 188. The third kappa shape index (κ3) is 10.5. The van der Waals surface area contributed by atoms with Gasteiger partial charge in [-0.25, -0.2) is 0 Å². The van der Waals surface area contributed by atoms with Crippen LogP contribution in [0.15, 0.2) is 12.2 Å². The van der Waals surface area contributed by atoms with E-state index in [1.165, 1.54) is 0 Å². The largest absolute Gasteiger partial charge is 0.0926 e. The third-order valence-corrected chi connectivity index (χ3v) is 1.49. The molecular formula is C9H12BrI. The number of hydrogen-bond donors (Lipinski definition) is 0. The second-order valence-corrected chi connectivity index (χ2v) is 7.25. The van der Waals surface area contributed by atoms with Crippen LogP contribution >= 0.6 is 38.5 Å². The molecule has 0 aromatic rings. The first-order valence-electron chi connectivity index (χ1n) is 3.39. The summed E-state index contributed by atoms with van der Waals surface area (Å²) in [4.78, 5) is 0. The highest BCUT2D eigenvalue weighted by molar-refractivity contribution is 14.1. The van der Waals surface area contributed by atoms with Gasteiger partial charge < -0.3 is 0 Å². The maximum absolute atomic E-state index is 3.39. The number of allylic oxidation sites excluding steroid dienone is 2. The first-order valence-corrected chi connectivity index (χ1v) is 5.55. The average molecular weight is 327 g/mol. The summed E-state index contributed by atoms with van der Waals surface area (Å²) in [5, 5.41) is 0. The predicted molar refractivity (Wildman–Crippen MR) is 63.1 cm³/mol. The zero-order valence-corrected chi connectivity index (χ0v) is 10.7. The van der Waals surface area contributed by atoms with Crippen LogP contribution in [0.25, 0.3) is 0 Å². The molecule has 0 rings (SSSR count). The molecule has 1 atom stereocenters. The van der Waals surface area contributed by atoms with E-state index in [9.17, 15) is 0 Å². The van der Waals surface area contributed by atoms with Gasteiger partial charge in [0.05, 0.1) is 2.83 Å². The molecule has 1 unspecified atom stereocenters. The van der Waals surface area contributed by atoms with E-state index in [2.05, 4.69) is 71.1 Å². The van der Waals surface area contributed by atoms with E-state index in [0.29, 0.717) is 2.83 Å². The highest BCUT2D eigenvalue weighted by Gasteiger charge is 2.02. The van der Waals surface area contributed by atoms with E-state index in [4.69, 9.17) is 0 Å². The van der Waals surface area contributed by atoms with Crippen molar-refractivity contribution in [3.05, 3.63) is 12.2 Å². The first kappa shape index (κ1) is 11.5. The van der Waals surface area contributed by atoms with Gasteiger partial charge in [0.2, 0.25) is 0 Å². The topological polar surface area (TPSA) is 0 Å². The van der Waals surface area contributed by atoms with Crippen LogP contribution in [0.4, 0.5) is 0 Å². The maximum atomic E-state index is 3.39. The van der Waals surface area contributed by atoms with E-state index in [-0.39, 0.29) is 5.41 Å². The van der Waals surface area contributed by atoms with Gasteiger partial charge >= 0.3 is 0 Å². The summed E-state index contributed by atoms with van der Waals surface area (Å²) >= 11 is 5.65. The van der Waals surface area contributed by atoms with Gasteiger partial charge in [0.15, 0.2) is 0 Å². The molecule has 0 fully saturated rings. The molecular weight excluding hydrogens is 315 g/mol. The van der Waals surface area contributed by atoms with Crippen LogP contribution in [0, 0.1) is 17.3 Å². The minimum absolute atomic E-state index is 0.109. The van der Waals surface area contributed by atoms with Gasteiger partial charge in [0.1, 0.15) is 0 Å². The van der Waals surface area contributed by atoms with Crippen molar-refractivity contribution in [3.63, 3.8) is 0 Å². The fraction of sp³-hybridized carbons (Fsp3) is 0.556. The smallest absolute Gasteiger partial charge is 0.0850 e. The van der Waals surface area contributed by atoms with Crippen LogP contribution in [0.5, 0.6) is 0 Å². The van der Waals surface area contributed by atoms with Crippen LogP contribution in [0.2, 0.25) is 0 Å². The Kier molecular flexibility index (Phi) is 5.45. The van der Waals surface area contributed by atoms with Crippen LogP contribution in [-0.2, 0) is 0 Å². The SMILES string of the molecule is CC(C)(C)C#CC=CC(Br)I. The molecule has 0 nitrogen and oxygen atoms in total. The van der Waals surface area contributed by atoms with Gasteiger partial charge in [-0.15, -0.1) is 0 Å². The molecule has 0 N–H and O–H groups in total. The Hall–Kier alpha value is 0.510. The second-order valence-electron chi connectivity index (χ2n) is 3.21. The molecule has 0 aliphatic rings. The lowest BCUT2D eigenvalue weighted by Gasteiger charge is -2.05. The van der Waals surface area contributed by atoms with E-state index >= 15 is 0 Å². The Morgan fingerprint density at radius 3 is 2.36 bits per heavy atom. The number of halogens is 2. The number of rotatable bonds is 1. The van der Waals surface area contributed by atoms with Crippen molar-refractivity contribution in [2.45, 2.75) is 23.6 Å². The highest BCUT2D eigenvalue weighted by Crippen LogP contribution is 2.11. The molecule has 0 aliphatic carbocycles. The summed E-state index contributed by atoms with van der Waals surface area (Å²) in [7, 11) is 0. The standard InChI is InChI=1S/C9H12BrI/c1-9(2,3)7-5-4-6-8(10)11/h4,6,8H,1-3H3. The van der Waals surface area contributed by atoms with Gasteiger partial charge in [-0.3, -0.25) is 0 Å². The minimum Gasteiger partial charge on any atom is -0.0926 e. The average Bonchev–Trinajstić information content (AvgIpc) is 1.78. The summed E-state index contributed by atoms with van der Waals surface area (Å²) < 4.78 is 0.384. The molecule has 0 amide bonds. The van der Waals surface area contributed by atoms with Crippen molar-refractivity contribution >= 4 is 38.5 Å². The molecule has 0 saturated heterocycles. The lowest BCUT2D eigenvalue weighted by Crippen LogP contribution is -1.98. The maximum Gasteiger partial charge on any atom is 0.0850 e. The van der Waals surface area contributed by atoms with E-state index in [1.54, 1.807) is 0 Å². The van der Waals surface area contributed by atoms with Crippen molar-refractivity contribution in [1.82, 2.24) is 0 Å². The summed E-state index contributed by atoms with van der Waals surface area (Å²) in [6.07, 6.45) is 3.90. The van der Waals surface area contributed by atoms with Crippen molar-refractivity contribution in [2.75, 3.05) is 0 Å². The van der Waals surface area contributed by atoms with Gasteiger partial charge in [-0.2, -0.15) is 0 Å². The zero-order valence-electron chi connectivity index (χ0n) is 6.99. The fourth-order valence-corrected chi connectivity index (χ4v) is 0.739. The van der Waals surface area contributed by atoms with E-state index in [1.807, 2.05) is 12.2 Å². The predicted octanol–water partition coefficient (Wildman–Crippen LogP) is 3.75. The molecule has 62 valence electrons. The monoisotopic (exact) mass is 326 g/mol. The van der Waals surface area contributed by atoms with Gasteiger partial charge in [0, 0.05) is 5.41 Å². The summed E-state index contributed by atoms with van der Waals surface area (Å²) in [6.45, 7) is 6.30. The lowest BCUT2D eigenvalue weighted by molar-refractivity contribution is 0.571. The Labute approximate surface area is 91.1 Å². The molecule has 0 aromatic carbocycles. The van der Waals surface area contributed by atoms with Crippen LogP contribution in [-0.4, -0.2) is 2.83 Å². The van der Waals surface area contributed by atoms with Crippen molar-refractivity contribution in [2.24, 2.45) is 5.41 Å². The molecule has 0 saturated carbocycles. The fourth-order valence-electron chi connectivity index (χ4n) is 0.379. The van der Waals surface area contributed by atoms with Gasteiger partial charge in [-0.05, 0) is 26.8 Å². The molecule has 0 aliphatic heterocycles. The Balaban J connectivity index is 3.92. The summed E-state index contributed by atoms with van der Waals surface area (Å²) in [5.41, 5.74) is 0.109. The van der Waals surface area contributed by atoms with Crippen molar-refractivity contribution < 1.29 is 0 Å². The van der Waals surface area contributed by atoms with Crippen molar-refractivity contribution in [1.29, 1.82) is 0 Å². The summed E-state index contributed by atoms with van der Waals surface area (Å²) in [6, 6.07) is 0.